The number of nitrogens with one attached hydrogen (secondary N) is 3. The molecule has 0 aromatic heterocycles. The maximum absolute atomic E-state index is 11.0. The molecule has 3 N–H and O–H groups in total. The molecule has 6 nitrogen and oxygen atoms in total. The second-order valence-electron chi connectivity index (χ2n) is 2.36. The van der Waals surface area contributed by atoms with Crippen LogP contribution in [0, 0.1) is 5.92 Å². The van der Waals surface area contributed by atoms with E-state index in [1.807, 2.05) is 0 Å². The Morgan fingerprint density at radius 1 is 1.36 bits per heavy atom. The van der Waals surface area contributed by atoms with Gasteiger partial charge in [0.05, 0.1) is 6.54 Å². The van der Waals surface area contributed by atoms with Gasteiger partial charge in [-0.3, -0.25) is 15.4 Å². The standard InChI is InChI=1S/C5H6N4O2/c10-4-2-1-6-9-3(2)7-5(11)8-4/h2,6H,1H2,(H2,7,8,9,10,11). The minimum Gasteiger partial charge on any atom is -0.307 e. The van der Waals surface area contributed by atoms with Gasteiger partial charge < -0.3 is 5.43 Å². The summed E-state index contributed by atoms with van der Waals surface area (Å²) in [4.78, 5) is 21.7. The molecule has 1 saturated heterocycles. The summed E-state index contributed by atoms with van der Waals surface area (Å²) >= 11 is 0. The first-order chi connectivity index (χ1) is 5.27. The number of carbonyl (C=O) groups is 2. The normalized spacial score (nSPS) is 28.0. The highest BCUT2D eigenvalue weighted by atomic mass is 16.2. The van der Waals surface area contributed by atoms with Gasteiger partial charge >= 0.3 is 6.03 Å². The van der Waals surface area contributed by atoms with Crippen LogP contribution in [0.4, 0.5) is 4.79 Å². The number of hydrogen-bond acceptors (Lipinski definition) is 4. The van der Waals surface area contributed by atoms with Gasteiger partial charge in [-0.1, -0.05) is 0 Å². The van der Waals surface area contributed by atoms with Gasteiger partial charge in [-0.05, 0) is 0 Å². The lowest BCUT2D eigenvalue weighted by Gasteiger charge is -2.17. The van der Waals surface area contributed by atoms with Gasteiger partial charge in [0.1, 0.15) is 11.8 Å². The quantitative estimate of drug-likeness (QED) is 0.391. The molecule has 1 fully saturated rings. The van der Waals surface area contributed by atoms with Crippen molar-refractivity contribution in [3.8, 4) is 0 Å². The summed E-state index contributed by atoms with van der Waals surface area (Å²) in [5.74, 6) is -0.205. The zero-order valence-electron chi connectivity index (χ0n) is 5.55. The SMILES string of the molecule is O=C1NC(=O)C2CNN=C2N1. The Labute approximate surface area is 62.0 Å². The Morgan fingerprint density at radius 2 is 2.18 bits per heavy atom. The maximum atomic E-state index is 11.0. The van der Waals surface area contributed by atoms with Crippen molar-refractivity contribution >= 4 is 17.8 Å². The van der Waals surface area contributed by atoms with E-state index in [0.29, 0.717) is 12.4 Å². The lowest BCUT2D eigenvalue weighted by molar-refractivity contribution is -0.122. The van der Waals surface area contributed by atoms with Crippen LogP contribution < -0.4 is 16.1 Å². The van der Waals surface area contributed by atoms with Gasteiger partial charge in [0.15, 0.2) is 0 Å². The highest BCUT2D eigenvalue weighted by Crippen LogP contribution is 2.06. The third-order valence-corrected chi connectivity index (χ3v) is 1.62. The van der Waals surface area contributed by atoms with Crippen LogP contribution in [0.3, 0.4) is 0 Å². The molecule has 0 saturated carbocycles. The fraction of sp³-hybridized carbons (Fsp3) is 0.400. The zero-order valence-corrected chi connectivity index (χ0v) is 5.55. The molecule has 0 bridgehead atoms. The molecule has 0 aromatic carbocycles. The number of amides is 3. The summed E-state index contributed by atoms with van der Waals surface area (Å²) in [5, 5.41) is 8.30. The van der Waals surface area contributed by atoms with Crippen molar-refractivity contribution in [2.24, 2.45) is 11.0 Å². The summed E-state index contributed by atoms with van der Waals surface area (Å²) < 4.78 is 0. The molecule has 6 heteroatoms. The largest absolute Gasteiger partial charge is 0.326 e. The molecule has 11 heavy (non-hydrogen) atoms. The average Bonchev–Trinajstić information content (AvgIpc) is 2.34. The van der Waals surface area contributed by atoms with Crippen molar-refractivity contribution in [3.05, 3.63) is 0 Å². The molecule has 2 heterocycles. The van der Waals surface area contributed by atoms with E-state index in [4.69, 9.17) is 0 Å². The third-order valence-electron chi connectivity index (χ3n) is 1.62. The van der Waals surface area contributed by atoms with Gasteiger partial charge in [0, 0.05) is 0 Å². The monoisotopic (exact) mass is 154 g/mol. The smallest absolute Gasteiger partial charge is 0.307 e. The molecule has 58 valence electrons. The van der Waals surface area contributed by atoms with E-state index in [2.05, 4.69) is 21.2 Å². The predicted octanol–water partition coefficient (Wildman–Crippen LogP) is -1.64. The van der Waals surface area contributed by atoms with Crippen molar-refractivity contribution in [2.45, 2.75) is 0 Å². The molecule has 2 aliphatic rings. The number of carbonyl (C=O) groups excluding carboxylic acids is 2. The van der Waals surface area contributed by atoms with E-state index in [-0.39, 0.29) is 11.8 Å². The first kappa shape index (κ1) is 6.14. The molecule has 1 unspecified atom stereocenters. The van der Waals surface area contributed by atoms with Crippen LogP contribution in [0.15, 0.2) is 5.10 Å². The number of rotatable bonds is 0. The Hall–Kier alpha value is -1.59. The molecular formula is C5H6N4O2. The lowest BCUT2D eigenvalue weighted by atomic mass is 10.1. The Balaban J connectivity index is 2.26. The first-order valence-corrected chi connectivity index (χ1v) is 3.19. The van der Waals surface area contributed by atoms with Gasteiger partial charge in [-0.15, -0.1) is 0 Å². The number of nitrogens with zero attached hydrogens (tertiary/aromatic N) is 1. The molecule has 3 amide bonds. The fourth-order valence-electron chi connectivity index (χ4n) is 1.08. The molecule has 0 radical (unpaired) electrons. The van der Waals surface area contributed by atoms with Crippen molar-refractivity contribution < 1.29 is 9.59 Å². The highest BCUT2D eigenvalue weighted by Gasteiger charge is 2.34. The summed E-state index contributed by atoms with van der Waals surface area (Å²) in [6, 6.07) is -0.506. The van der Waals surface area contributed by atoms with Crippen LogP contribution >= 0.6 is 0 Å². The topological polar surface area (TPSA) is 82.6 Å². The van der Waals surface area contributed by atoms with E-state index in [1.54, 1.807) is 0 Å². The predicted molar refractivity (Wildman–Crippen MR) is 35.6 cm³/mol. The lowest BCUT2D eigenvalue weighted by Crippen LogP contribution is -2.55. The molecule has 1 atom stereocenters. The minimum absolute atomic E-state index is 0.294. The Bertz CT molecular complexity index is 259. The summed E-state index contributed by atoms with van der Waals surface area (Å²) in [7, 11) is 0. The van der Waals surface area contributed by atoms with Gasteiger partial charge in [-0.25, -0.2) is 4.79 Å². The van der Waals surface area contributed by atoms with Crippen LogP contribution in [-0.2, 0) is 4.79 Å². The second kappa shape index (κ2) is 1.94. The summed E-state index contributed by atoms with van der Waals surface area (Å²) in [6.07, 6.45) is 0. The van der Waals surface area contributed by atoms with E-state index in [0.717, 1.165) is 0 Å². The number of amidine groups is 1. The molecule has 2 aliphatic heterocycles. The number of imide groups is 1. The van der Waals surface area contributed by atoms with Gasteiger partial charge in [0.25, 0.3) is 0 Å². The number of fused-ring (bicyclic) bond motifs is 1. The molecule has 0 aromatic rings. The minimum atomic E-state index is -0.506. The fourth-order valence-corrected chi connectivity index (χ4v) is 1.08. The van der Waals surface area contributed by atoms with E-state index < -0.39 is 6.03 Å². The zero-order chi connectivity index (χ0) is 7.84. The average molecular weight is 154 g/mol. The Kier molecular flexibility index (Phi) is 1.09. The van der Waals surface area contributed by atoms with E-state index >= 15 is 0 Å². The van der Waals surface area contributed by atoms with E-state index in [9.17, 15) is 9.59 Å². The number of hydrogen-bond donors (Lipinski definition) is 3. The number of urea groups is 1. The molecular weight excluding hydrogens is 148 g/mol. The van der Waals surface area contributed by atoms with Crippen LogP contribution in [0.25, 0.3) is 0 Å². The van der Waals surface area contributed by atoms with Gasteiger partial charge in [0.2, 0.25) is 5.91 Å². The molecule has 0 spiro atoms. The van der Waals surface area contributed by atoms with Crippen LogP contribution in [0.5, 0.6) is 0 Å². The summed E-state index contributed by atoms with van der Waals surface area (Å²) in [5.41, 5.74) is 2.63. The summed E-state index contributed by atoms with van der Waals surface area (Å²) in [6.45, 7) is 0.460. The van der Waals surface area contributed by atoms with Crippen LogP contribution in [-0.4, -0.2) is 24.3 Å². The highest BCUT2D eigenvalue weighted by molar-refractivity contribution is 6.18. The van der Waals surface area contributed by atoms with Crippen molar-refractivity contribution in [1.29, 1.82) is 0 Å². The first-order valence-electron chi connectivity index (χ1n) is 3.19. The Morgan fingerprint density at radius 3 is 3.00 bits per heavy atom. The van der Waals surface area contributed by atoms with E-state index in [1.165, 1.54) is 0 Å². The molecule has 0 aliphatic carbocycles. The van der Waals surface area contributed by atoms with Gasteiger partial charge in [-0.2, -0.15) is 5.10 Å². The maximum Gasteiger partial charge on any atom is 0.326 e. The molecule has 2 rings (SSSR count). The van der Waals surface area contributed by atoms with Crippen LogP contribution in [0.2, 0.25) is 0 Å². The second-order valence-corrected chi connectivity index (χ2v) is 2.36. The third kappa shape index (κ3) is 0.830. The van der Waals surface area contributed by atoms with Crippen molar-refractivity contribution in [3.63, 3.8) is 0 Å². The number of hydrazone groups is 1. The van der Waals surface area contributed by atoms with Crippen LogP contribution in [0.1, 0.15) is 0 Å². The van der Waals surface area contributed by atoms with Crippen molar-refractivity contribution in [1.82, 2.24) is 16.1 Å². The van der Waals surface area contributed by atoms with Crippen molar-refractivity contribution in [2.75, 3.05) is 6.54 Å².